The van der Waals surface area contributed by atoms with Gasteiger partial charge in [-0.15, -0.1) is 0 Å². The van der Waals surface area contributed by atoms with E-state index in [2.05, 4.69) is 16.5 Å². The minimum absolute atomic E-state index is 0.0686. The first-order valence-corrected chi connectivity index (χ1v) is 7.81. The van der Waals surface area contributed by atoms with Crippen LogP contribution < -0.4 is 5.32 Å². The summed E-state index contributed by atoms with van der Waals surface area (Å²) in [5, 5.41) is 7.46. The first kappa shape index (κ1) is 15.2. The van der Waals surface area contributed by atoms with Gasteiger partial charge in [0.2, 0.25) is 0 Å². The van der Waals surface area contributed by atoms with Crippen LogP contribution in [-0.2, 0) is 22.9 Å². The number of fused-ring (bicyclic) bond motifs is 1. The minimum atomic E-state index is -0.0796. The van der Waals surface area contributed by atoms with Gasteiger partial charge in [-0.3, -0.25) is 9.48 Å². The number of aromatic nitrogens is 2. The maximum absolute atomic E-state index is 12.6. The zero-order valence-corrected chi connectivity index (χ0v) is 13.4. The molecule has 0 unspecified atom stereocenters. The molecule has 3 heterocycles. The van der Waals surface area contributed by atoms with E-state index in [0.717, 1.165) is 36.3 Å². The number of nitrogens with one attached hydrogen (secondary N) is 1. The first-order valence-electron chi connectivity index (χ1n) is 7.81. The molecule has 22 heavy (non-hydrogen) atoms. The van der Waals surface area contributed by atoms with Crippen molar-refractivity contribution in [1.29, 1.82) is 0 Å². The van der Waals surface area contributed by atoms with Gasteiger partial charge in [-0.25, -0.2) is 0 Å². The number of carbonyl (C=O) groups is 1. The number of nitrogens with zero attached hydrogens (tertiary/aromatic N) is 2. The van der Waals surface area contributed by atoms with Crippen LogP contribution in [0, 0.1) is 0 Å². The van der Waals surface area contributed by atoms with Crippen molar-refractivity contribution in [2.45, 2.75) is 38.9 Å². The Balaban J connectivity index is 1.76. The normalized spacial score (nSPS) is 24.6. The fourth-order valence-electron chi connectivity index (χ4n) is 3.16. The van der Waals surface area contributed by atoms with Crippen LogP contribution in [0.3, 0.4) is 0 Å². The Morgan fingerprint density at radius 1 is 1.50 bits per heavy atom. The highest BCUT2D eigenvalue weighted by molar-refractivity contribution is 5.94. The van der Waals surface area contributed by atoms with Crippen molar-refractivity contribution in [3.05, 3.63) is 28.6 Å². The predicted octanol–water partition coefficient (Wildman–Crippen LogP) is 1.52. The molecule has 6 heteroatoms. The summed E-state index contributed by atoms with van der Waals surface area (Å²) in [7, 11) is 1.81. The van der Waals surface area contributed by atoms with Crippen LogP contribution in [0.4, 0.5) is 0 Å². The van der Waals surface area contributed by atoms with E-state index < -0.39 is 0 Å². The summed E-state index contributed by atoms with van der Waals surface area (Å²) in [5.41, 5.74) is 3.67. The Morgan fingerprint density at radius 2 is 2.32 bits per heavy atom. The van der Waals surface area contributed by atoms with Crippen LogP contribution in [-0.4, -0.2) is 41.6 Å². The van der Waals surface area contributed by atoms with Crippen LogP contribution in [0.2, 0.25) is 0 Å². The van der Waals surface area contributed by atoms with E-state index in [1.165, 1.54) is 0 Å². The SMILES string of the molecule is C[C@@H]1Cc2c(nn(C)c2C(=O)NCC2=CCCOC2)[C@H](C)O1. The molecule has 120 valence electrons. The van der Waals surface area contributed by atoms with Gasteiger partial charge in [0.25, 0.3) is 5.91 Å². The van der Waals surface area contributed by atoms with Crippen molar-refractivity contribution in [2.24, 2.45) is 7.05 Å². The summed E-state index contributed by atoms with van der Waals surface area (Å²) in [5.74, 6) is -0.0796. The largest absolute Gasteiger partial charge is 0.377 e. The highest BCUT2D eigenvalue weighted by atomic mass is 16.5. The number of hydrogen-bond donors (Lipinski definition) is 1. The van der Waals surface area contributed by atoms with E-state index in [4.69, 9.17) is 9.47 Å². The number of amides is 1. The van der Waals surface area contributed by atoms with E-state index in [0.29, 0.717) is 18.8 Å². The lowest BCUT2D eigenvalue weighted by molar-refractivity contribution is -0.00709. The number of rotatable bonds is 3. The molecule has 0 saturated heterocycles. The molecular weight excluding hydrogens is 282 g/mol. The molecule has 1 amide bonds. The second kappa shape index (κ2) is 6.22. The fourth-order valence-corrected chi connectivity index (χ4v) is 3.16. The van der Waals surface area contributed by atoms with E-state index in [1.807, 2.05) is 20.9 Å². The van der Waals surface area contributed by atoms with Crippen molar-refractivity contribution in [3.63, 3.8) is 0 Å². The maximum atomic E-state index is 12.6. The molecule has 1 N–H and O–H groups in total. The molecular formula is C16H23N3O3. The molecule has 6 nitrogen and oxygen atoms in total. The number of hydrogen-bond acceptors (Lipinski definition) is 4. The highest BCUT2D eigenvalue weighted by Gasteiger charge is 2.31. The Bertz CT molecular complexity index is 606. The molecule has 0 aliphatic carbocycles. The second-order valence-electron chi connectivity index (χ2n) is 6.02. The summed E-state index contributed by atoms with van der Waals surface area (Å²) in [6, 6.07) is 0. The molecule has 0 saturated carbocycles. The van der Waals surface area contributed by atoms with Gasteiger partial charge in [0.05, 0.1) is 31.1 Å². The fraction of sp³-hybridized carbons (Fsp3) is 0.625. The van der Waals surface area contributed by atoms with Gasteiger partial charge >= 0.3 is 0 Å². The number of ether oxygens (including phenoxy) is 2. The van der Waals surface area contributed by atoms with Gasteiger partial charge in [-0.05, 0) is 25.8 Å². The second-order valence-corrected chi connectivity index (χ2v) is 6.02. The summed E-state index contributed by atoms with van der Waals surface area (Å²) in [6.45, 7) is 5.90. The van der Waals surface area contributed by atoms with Gasteiger partial charge in [0.1, 0.15) is 5.69 Å². The smallest absolute Gasteiger partial charge is 0.270 e. The third-order valence-corrected chi connectivity index (χ3v) is 4.16. The van der Waals surface area contributed by atoms with Crippen molar-refractivity contribution >= 4 is 5.91 Å². The Labute approximate surface area is 130 Å². The molecule has 0 aromatic carbocycles. The van der Waals surface area contributed by atoms with Crippen LogP contribution in [0.1, 0.15) is 48.1 Å². The van der Waals surface area contributed by atoms with Crippen molar-refractivity contribution in [2.75, 3.05) is 19.8 Å². The predicted molar refractivity (Wildman–Crippen MR) is 81.7 cm³/mol. The topological polar surface area (TPSA) is 65.4 Å². The average molecular weight is 305 g/mol. The molecule has 3 rings (SSSR count). The van der Waals surface area contributed by atoms with Crippen LogP contribution in [0.25, 0.3) is 0 Å². The standard InChI is InChI=1S/C16H23N3O3/c1-10-7-13-14(11(2)22-10)18-19(3)15(13)16(20)17-8-12-5-4-6-21-9-12/h5,10-11H,4,6-9H2,1-3H3,(H,17,20)/t10-,11+/m1/s1. The molecule has 0 spiro atoms. The van der Waals surface area contributed by atoms with Crippen molar-refractivity contribution in [3.8, 4) is 0 Å². The van der Waals surface area contributed by atoms with Crippen LogP contribution in [0.15, 0.2) is 11.6 Å². The summed E-state index contributed by atoms with van der Waals surface area (Å²) in [4.78, 5) is 12.6. The molecule has 2 aliphatic heterocycles. The third-order valence-electron chi connectivity index (χ3n) is 4.16. The van der Waals surface area contributed by atoms with Gasteiger partial charge in [0, 0.05) is 25.6 Å². The highest BCUT2D eigenvalue weighted by Crippen LogP contribution is 2.31. The molecule has 1 aromatic heterocycles. The average Bonchev–Trinajstić information content (AvgIpc) is 2.82. The molecule has 2 atom stereocenters. The van der Waals surface area contributed by atoms with Gasteiger partial charge in [-0.2, -0.15) is 5.10 Å². The van der Waals surface area contributed by atoms with E-state index >= 15 is 0 Å². The lowest BCUT2D eigenvalue weighted by Gasteiger charge is -2.24. The minimum Gasteiger partial charge on any atom is -0.377 e. The maximum Gasteiger partial charge on any atom is 0.270 e. The van der Waals surface area contributed by atoms with Crippen molar-refractivity contribution in [1.82, 2.24) is 15.1 Å². The number of carbonyl (C=O) groups excluding carboxylic acids is 1. The summed E-state index contributed by atoms with van der Waals surface area (Å²) >= 11 is 0. The lowest BCUT2D eigenvalue weighted by atomic mass is 9.99. The van der Waals surface area contributed by atoms with Gasteiger partial charge in [-0.1, -0.05) is 6.08 Å². The van der Waals surface area contributed by atoms with Gasteiger partial charge < -0.3 is 14.8 Å². The molecule has 0 radical (unpaired) electrons. The Hall–Kier alpha value is -1.66. The summed E-state index contributed by atoms with van der Waals surface area (Å²) in [6.07, 6.45) is 3.81. The van der Waals surface area contributed by atoms with Crippen LogP contribution >= 0.6 is 0 Å². The third kappa shape index (κ3) is 2.94. The summed E-state index contributed by atoms with van der Waals surface area (Å²) < 4.78 is 12.8. The zero-order valence-electron chi connectivity index (χ0n) is 13.4. The first-order chi connectivity index (χ1) is 10.6. The van der Waals surface area contributed by atoms with E-state index in [9.17, 15) is 4.79 Å². The monoisotopic (exact) mass is 305 g/mol. The molecule has 2 aliphatic rings. The quantitative estimate of drug-likeness (QED) is 0.860. The lowest BCUT2D eigenvalue weighted by Crippen LogP contribution is -2.31. The molecule has 1 aromatic rings. The Morgan fingerprint density at radius 3 is 3.05 bits per heavy atom. The van der Waals surface area contributed by atoms with Crippen LogP contribution in [0.5, 0.6) is 0 Å². The van der Waals surface area contributed by atoms with Gasteiger partial charge in [0.15, 0.2) is 0 Å². The Kier molecular flexibility index (Phi) is 4.31. The molecule has 0 fully saturated rings. The zero-order chi connectivity index (χ0) is 15.7. The number of aryl methyl sites for hydroxylation is 1. The van der Waals surface area contributed by atoms with Crippen molar-refractivity contribution < 1.29 is 14.3 Å². The van der Waals surface area contributed by atoms with E-state index in [1.54, 1.807) is 4.68 Å². The van der Waals surface area contributed by atoms with E-state index in [-0.39, 0.29) is 18.1 Å². The molecule has 0 bridgehead atoms.